The number of amides is 4. The molecule has 0 aromatic heterocycles. The minimum atomic E-state index is -4.10. The van der Waals surface area contributed by atoms with Gasteiger partial charge in [0.25, 0.3) is 12.0 Å². The summed E-state index contributed by atoms with van der Waals surface area (Å²) in [5.41, 5.74) is -1.20. The molecule has 15 heteroatoms. The average molecular weight is 817 g/mol. The Morgan fingerprint density at radius 3 is 2.11 bits per heavy atom. The van der Waals surface area contributed by atoms with Crippen LogP contribution in [0.3, 0.4) is 0 Å². The Bertz CT molecular complexity index is 1940. The molecule has 56 heavy (non-hydrogen) atoms. The third-order valence-corrected chi connectivity index (χ3v) is 14.2. The van der Waals surface area contributed by atoms with Crippen molar-refractivity contribution in [3.8, 4) is 11.1 Å². The van der Waals surface area contributed by atoms with Crippen molar-refractivity contribution in [1.29, 1.82) is 0 Å². The molecule has 3 fully saturated rings. The third kappa shape index (κ3) is 9.25. The first kappa shape index (κ1) is 43.1. The molecule has 1 aliphatic heterocycles. The van der Waals surface area contributed by atoms with Gasteiger partial charge in [0.2, 0.25) is 21.8 Å². The van der Waals surface area contributed by atoms with Crippen molar-refractivity contribution in [3.05, 3.63) is 72.3 Å². The van der Waals surface area contributed by atoms with Crippen LogP contribution in [0.4, 0.5) is 13.6 Å². The maximum atomic E-state index is 15.1. The normalized spacial score (nSPS) is 24.2. The smallest absolute Gasteiger partial charge is 0.408 e. The summed E-state index contributed by atoms with van der Waals surface area (Å²) in [6, 6.07) is 15.1. The monoisotopic (exact) mass is 816 g/mol. The Labute approximate surface area is 333 Å². The zero-order valence-corrected chi connectivity index (χ0v) is 34.7. The van der Waals surface area contributed by atoms with Crippen LogP contribution in [0.5, 0.6) is 0 Å². The van der Waals surface area contributed by atoms with Crippen LogP contribution in [0.1, 0.15) is 92.6 Å². The summed E-state index contributed by atoms with van der Waals surface area (Å²) < 4.78 is 54.0. The van der Waals surface area contributed by atoms with E-state index >= 15 is 4.79 Å². The quantitative estimate of drug-likeness (QED) is 0.170. The fraction of sp³-hybridized carbons (Fsp3) is 0.561. The van der Waals surface area contributed by atoms with E-state index in [0.29, 0.717) is 24.7 Å². The molecule has 0 unspecified atom stereocenters. The van der Waals surface area contributed by atoms with Gasteiger partial charge in [-0.3, -0.25) is 24.0 Å². The van der Waals surface area contributed by atoms with Gasteiger partial charge in [-0.1, -0.05) is 88.7 Å². The molecule has 0 bridgehead atoms. The van der Waals surface area contributed by atoms with Crippen molar-refractivity contribution in [3.63, 3.8) is 0 Å². The van der Waals surface area contributed by atoms with Crippen LogP contribution in [0.15, 0.2) is 66.8 Å². The minimum absolute atomic E-state index is 0.00482. The molecule has 11 nitrogen and oxygen atoms in total. The zero-order chi connectivity index (χ0) is 41.4. The molecule has 0 spiro atoms. The number of thioether (sulfide) groups is 1. The summed E-state index contributed by atoms with van der Waals surface area (Å²) in [6.07, 6.45) is -0.674. The molecule has 0 radical (unpaired) electrons. The van der Waals surface area contributed by atoms with Crippen molar-refractivity contribution in [2.75, 3.05) is 12.3 Å². The first-order chi connectivity index (χ1) is 26.1. The molecule has 4 amide bonds. The number of carbonyl (C=O) groups is 4. The fourth-order valence-electron chi connectivity index (χ4n) is 7.64. The molecule has 1 saturated heterocycles. The van der Waals surface area contributed by atoms with E-state index in [9.17, 15) is 36.7 Å². The number of sulfonamides is 1. The Hall–Kier alpha value is -3.98. The van der Waals surface area contributed by atoms with Crippen LogP contribution >= 0.6 is 11.8 Å². The van der Waals surface area contributed by atoms with Crippen LogP contribution in [-0.2, 0) is 29.2 Å². The molecular formula is C41H54F2N4O7S2. The second-order valence-electron chi connectivity index (χ2n) is 17.3. The van der Waals surface area contributed by atoms with Gasteiger partial charge in [0.15, 0.2) is 0 Å². The van der Waals surface area contributed by atoms with E-state index < -0.39 is 84.4 Å². The molecule has 306 valence electrons. The molecule has 5 rings (SSSR count). The highest BCUT2D eigenvalue weighted by Gasteiger charge is 2.63. The van der Waals surface area contributed by atoms with Gasteiger partial charge in [-0.15, -0.1) is 11.8 Å². The minimum Gasteiger partial charge on any atom is -0.465 e. The molecule has 5 atom stereocenters. The van der Waals surface area contributed by atoms with Gasteiger partial charge in [-0.25, -0.2) is 13.2 Å². The second kappa shape index (κ2) is 16.1. The Morgan fingerprint density at radius 2 is 1.59 bits per heavy atom. The topological polar surface area (TPSA) is 153 Å². The largest absolute Gasteiger partial charge is 0.465 e. The molecule has 2 aromatic carbocycles. The summed E-state index contributed by atoms with van der Waals surface area (Å²) >= 11 is 1.59. The van der Waals surface area contributed by atoms with Gasteiger partial charge in [0.05, 0.1) is 10.00 Å². The number of carbonyl (C=O) groups excluding carboxylic acids is 3. The average Bonchev–Trinajstić information content (AvgIpc) is 4.03. The number of likely N-dealkylation sites (tertiary alicyclic amines) is 1. The fourth-order valence-corrected chi connectivity index (χ4v) is 10.6. The number of rotatable bonds is 14. The number of unbranched alkanes of at least 4 members (excludes halogenated alkanes) is 1. The van der Waals surface area contributed by atoms with Crippen molar-refractivity contribution >= 4 is 45.6 Å². The Balaban J connectivity index is 1.61. The number of halogens is 2. The second-order valence-corrected chi connectivity index (χ2v) is 20.8. The number of benzene rings is 2. The number of nitrogens with one attached hydrogen (secondary N) is 2. The number of carboxylic acid groups (broad SMARTS) is 1. The molecule has 1 heterocycles. The number of nitrogens with zero attached hydrogens (tertiary/aromatic N) is 2. The lowest BCUT2D eigenvalue weighted by molar-refractivity contribution is -0.147. The third-order valence-electron chi connectivity index (χ3n) is 10.8. The molecule has 2 aromatic rings. The van der Waals surface area contributed by atoms with E-state index in [1.807, 2.05) is 59.3 Å². The predicted octanol–water partition coefficient (Wildman–Crippen LogP) is 7.14. The lowest BCUT2D eigenvalue weighted by atomic mass is 9.82. The van der Waals surface area contributed by atoms with E-state index in [2.05, 4.69) is 12.2 Å². The molecule has 3 aliphatic rings. The van der Waals surface area contributed by atoms with Crippen molar-refractivity contribution in [2.45, 2.75) is 120 Å². The van der Waals surface area contributed by atoms with E-state index in [4.69, 9.17) is 0 Å². The Kier molecular flexibility index (Phi) is 12.4. The van der Waals surface area contributed by atoms with E-state index in [0.717, 1.165) is 34.4 Å². The Morgan fingerprint density at radius 1 is 0.982 bits per heavy atom. The van der Waals surface area contributed by atoms with Crippen LogP contribution in [0.25, 0.3) is 11.1 Å². The van der Waals surface area contributed by atoms with Crippen LogP contribution < -0.4 is 10.0 Å². The number of hydrogen-bond donors (Lipinski definition) is 3. The maximum Gasteiger partial charge on any atom is 0.408 e. The first-order valence-electron chi connectivity index (χ1n) is 19.1. The molecule has 2 saturated carbocycles. The lowest BCUT2D eigenvalue weighted by Gasteiger charge is -2.46. The first-order valence-corrected chi connectivity index (χ1v) is 21.6. The standard InChI is InChI=1S/C41H54F2N4O7S2/c1-8-9-21-55-40(28-17-15-27(16-18-28)26-13-11-10-12-14-26)24-31(46(25-40)35(49)33(38(2,3)4)47(37(51)52)39(5,6)7)34(48)44-41(23-29(41)22-32(42)43)36(50)45-56(53,54)30-19-20-30/h10-18,22,29-31,33H,8-9,19-21,23-25H2,1-7H3,(H,44,48)(H,45,50)(H,51,52)/t29-,31+,33-,40+,41-/m1/s1. The highest BCUT2D eigenvalue weighted by atomic mass is 32.2. The van der Waals surface area contributed by atoms with E-state index in [-0.39, 0.29) is 19.4 Å². The summed E-state index contributed by atoms with van der Waals surface area (Å²) in [4.78, 5) is 59.0. The van der Waals surface area contributed by atoms with Gasteiger partial charge >= 0.3 is 6.09 Å². The van der Waals surface area contributed by atoms with Crippen molar-refractivity contribution in [1.82, 2.24) is 19.8 Å². The van der Waals surface area contributed by atoms with E-state index in [1.54, 1.807) is 53.3 Å². The molecular weight excluding hydrogens is 763 g/mol. The number of hydrogen-bond acceptors (Lipinski definition) is 7. The summed E-state index contributed by atoms with van der Waals surface area (Å²) in [5.74, 6) is -3.08. The predicted molar refractivity (Wildman–Crippen MR) is 213 cm³/mol. The summed E-state index contributed by atoms with van der Waals surface area (Å²) in [6.45, 7) is 12.4. The van der Waals surface area contributed by atoms with E-state index in [1.165, 1.54) is 4.90 Å². The van der Waals surface area contributed by atoms with Gasteiger partial charge in [0.1, 0.15) is 17.6 Å². The highest BCUT2D eigenvalue weighted by Crippen LogP contribution is 2.51. The van der Waals surface area contributed by atoms with Gasteiger partial charge in [0, 0.05) is 18.0 Å². The van der Waals surface area contributed by atoms with Gasteiger partial charge in [-0.2, -0.15) is 8.78 Å². The molecule has 2 aliphatic carbocycles. The van der Waals surface area contributed by atoms with Gasteiger partial charge < -0.3 is 15.3 Å². The lowest BCUT2D eigenvalue weighted by Crippen LogP contribution is -2.64. The summed E-state index contributed by atoms with van der Waals surface area (Å²) in [5, 5.41) is 12.4. The zero-order valence-electron chi connectivity index (χ0n) is 33.1. The molecule has 3 N–H and O–H groups in total. The van der Waals surface area contributed by atoms with Crippen LogP contribution in [-0.4, -0.2) is 87.8 Å². The maximum absolute atomic E-state index is 15.1. The van der Waals surface area contributed by atoms with Crippen LogP contribution in [0.2, 0.25) is 0 Å². The van der Waals surface area contributed by atoms with Crippen molar-refractivity contribution in [2.24, 2.45) is 11.3 Å². The van der Waals surface area contributed by atoms with Crippen molar-refractivity contribution < 1.29 is 41.5 Å². The highest BCUT2D eigenvalue weighted by molar-refractivity contribution is 8.00. The van der Waals surface area contributed by atoms with Gasteiger partial charge in [-0.05, 0) is 86.8 Å². The SMILES string of the molecule is CCCCS[C@@]1(c2ccc(-c3ccccc3)cc2)C[C@@H](C(=O)N[C@]2(C(=O)NS(=O)(=O)C3CC3)C[C@H]2C=C(F)F)N(C(=O)[C@@H](N(C(=O)O)C(C)(C)C)C(C)(C)C)C1. The summed E-state index contributed by atoms with van der Waals surface area (Å²) in [7, 11) is -4.10. The van der Waals surface area contributed by atoms with Crippen LogP contribution in [0, 0.1) is 11.3 Å².